The van der Waals surface area contributed by atoms with Crippen molar-refractivity contribution in [3.05, 3.63) is 0 Å². The Bertz CT molecular complexity index is 164. The van der Waals surface area contributed by atoms with Gasteiger partial charge in [0.25, 0.3) is 0 Å². The maximum Gasteiger partial charge on any atom is 0.0433 e. The van der Waals surface area contributed by atoms with Crippen molar-refractivity contribution in [3.63, 3.8) is 0 Å². The molecule has 1 N–H and O–H groups in total. The second-order valence-electron chi connectivity index (χ2n) is 5.43. The van der Waals surface area contributed by atoms with Gasteiger partial charge in [0.1, 0.15) is 0 Å². The zero-order valence-electron chi connectivity index (χ0n) is 11.0. The first-order valence-corrected chi connectivity index (χ1v) is 8.27. The maximum atomic E-state index is 9.17. The molecule has 1 aliphatic carbocycles. The van der Waals surface area contributed by atoms with Gasteiger partial charge in [-0.2, -0.15) is 11.8 Å². The third kappa shape index (κ3) is 5.09. The third-order valence-corrected chi connectivity index (χ3v) is 4.85. The maximum absolute atomic E-state index is 9.17. The van der Waals surface area contributed by atoms with Crippen molar-refractivity contribution in [2.75, 3.05) is 18.6 Å². The van der Waals surface area contributed by atoms with Gasteiger partial charge < -0.3 is 5.11 Å². The molecular weight excluding hydrogens is 216 g/mol. The average Bonchev–Trinajstić information content (AvgIpc) is 2.29. The van der Waals surface area contributed by atoms with E-state index < -0.39 is 0 Å². The number of aliphatic hydroxyl groups is 1. The Morgan fingerprint density at radius 1 is 1.19 bits per heavy atom. The molecule has 0 amide bonds. The Hall–Kier alpha value is 0.310. The van der Waals surface area contributed by atoms with Crippen LogP contribution in [0.1, 0.15) is 51.9 Å². The summed E-state index contributed by atoms with van der Waals surface area (Å²) in [4.78, 5) is 0. The van der Waals surface area contributed by atoms with Gasteiger partial charge in [-0.3, -0.25) is 0 Å². The largest absolute Gasteiger partial charge is 0.396 e. The Balaban J connectivity index is 2.30. The fourth-order valence-corrected chi connectivity index (χ4v) is 3.48. The molecule has 0 aromatic carbocycles. The Morgan fingerprint density at radius 3 is 2.44 bits per heavy atom. The van der Waals surface area contributed by atoms with Crippen LogP contribution < -0.4 is 0 Å². The van der Waals surface area contributed by atoms with Crippen molar-refractivity contribution in [3.8, 4) is 0 Å². The van der Waals surface area contributed by atoms with E-state index >= 15 is 0 Å². The van der Waals surface area contributed by atoms with E-state index in [9.17, 15) is 5.11 Å². The summed E-state index contributed by atoms with van der Waals surface area (Å²) in [6, 6.07) is 0. The lowest BCUT2D eigenvalue weighted by molar-refractivity contribution is 0.162. The first-order chi connectivity index (χ1) is 7.77. The van der Waals surface area contributed by atoms with Crippen LogP contribution in [-0.2, 0) is 0 Å². The molecular formula is C14H28OS. The van der Waals surface area contributed by atoms with Gasteiger partial charge in [-0.1, -0.05) is 19.8 Å². The lowest BCUT2D eigenvalue weighted by Gasteiger charge is -2.32. The van der Waals surface area contributed by atoms with E-state index in [-0.39, 0.29) is 0 Å². The van der Waals surface area contributed by atoms with Gasteiger partial charge in [0.2, 0.25) is 0 Å². The normalized spacial score (nSPS) is 27.9. The molecule has 1 rings (SSSR count). The number of hydrogen-bond donors (Lipinski definition) is 1. The van der Waals surface area contributed by atoms with Crippen molar-refractivity contribution in [2.24, 2.45) is 17.8 Å². The number of aliphatic hydroxyl groups excluding tert-OH is 1. The van der Waals surface area contributed by atoms with E-state index in [2.05, 4.69) is 13.2 Å². The SMILES string of the molecule is CSCCCC(CCO)C1CCC(C)CC1. The highest BCUT2D eigenvalue weighted by Crippen LogP contribution is 2.36. The molecule has 1 fully saturated rings. The van der Waals surface area contributed by atoms with Gasteiger partial charge >= 0.3 is 0 Å². The number of thioether (sulfide) groups is 1. The first-order valence-electron chi connectivity index (χ1n) is 6.87. The van der Waals surface area contributed by atoms with Crippen LogP contribution in [0.25, 0.3) is 0 Å². The zero-order chi connectivity index (χ0) is 11.8. The van der Waals surface area contributed by atoms with E-state index in [0.717, 1.165) is 24.2 Å². The van der Waals surface area contributed by atoms with E-state index in [4.69, 9.17) is 0 Å². The van der Waals surface area contributed by atoms with E-state index in [1.807, 2.05) is 11.8 Å². The van der Waals surface area contributed by atoms with Crippen LogP contribution in [0.4, 0.5) is 0 Å². The summed E-state index contributed by atoms with van der Waals surface area (Å²) in [6.45, 7) is 2.76. The van der Waals surface area contributed by atoms with Crippen molar-refractivity contribution < 1.29 is 5.11 Å². The molecule has 16 heavy (non-hydrogen) atoms. The van der Waals surface area contributed by atoms with Gasteiger partial charge in [-0.05, 0) is 61.9 Å². The number of hydrogen-bond acceptors (Lipinski definition) is 2. The Kier molecular flexibility index (Phi) is 7.55. The molecule has 0 aliphatic heterocycles. The minimum atomic E-state index is 0.385. The minimum absolute atomic E-state index is 0.385. The fraction of sp³-hybridized carbons (Fsp3) is 1.00. The molecule has 1 nitrogen and oxygen atoms in total. The summed E-state index contributed by atoms with van der Waals surface area (Å²) in [5.74, 6) is 3.93. The van der Waals surface area contributed by atoms with Gasteiger partial charge in [0, 0.05) is 6.61 Å². The quantitative estimate of drug-likeness (QED) is 0.684. The highest BCUT2D eigenvalue weighted by Gasteiger charge is 2.25. The van der Waals surface area contributed by atoms with Gasteiger partial charge in [0.15, 0.2) is 0 Å². The molecule has 0 aromatic heterocycles. The van der Waals surface area contributed by atoms with E-state index in [1.54, 1.807) is 0 Å². The smallest absolute Gasteiger partial charge is 0.0433 e. The summed E-state index contributed by atoms with van der Waals surface area (Å²) in [5, 5.41) is 9.17. The highest BCUT2D eigenvalue weighted by molar-refractivity contribution is 7.98. The average molecular weight is 244 g/mol. The summed E-state index contributed by atoms with van der Waals surface area (Å²) in [7, 11) is 0. The fourth-order valence-electron chi connectivity index (χ4n) is 3.03. The van der Waals surface area contributed by atoms with Crippen LogP contribution >= 0.6 is 11.8 Å². The molecule has 0 bridgehead atoms. The molecule has 0 saturated heterocycles. The monoisotopic (exact) mass is 244 g/mol. The predicted molar refractivity (Wildman–Crippen MR) is 73.9 cm³/mol. The van der Waals surface area contributed by atoms with Crippen LogP contribution in [0.15, 0.2) is 0 Å². The van der Waals surface area contributed by atoms with E-state index in [0.29, 0.717) is 6.61 Å². The number of rotatable bonds is 7. The first kappa shape index (κ1) is 14.4. The molecule has 2 heteroatoms. The van der Waals surface area contributed by atoms with Gasteiger partial charge in [-0.25, -0.2) is 0 Å². The molecule has 1 unspecified atom stereocenters. The second kappa shape index (κ2) is 8.41. The summed E-state index contributed by atoms with van der Waals surface area (Å²) in [6.07, 6.45) is 11.5. The molecule has 96 valence electrons. The van der Waals surface area contributed by atoms with Crippen molar-refractivity contribution >= 4 is 11.8 Å². The third-order valence-electron chi connectivity index (χ3n) is 4.15. The van der Waals surface area contributed by atoms with Gasteiger partial charge in [-0.15, -0.1) is 0 Å². The summed E-state index contributed by atoms with van der Waals surface area (Å²) < 4.78 is 0. The standard InChI is InChI=1S/C14H28OS/c1-12-5-7-14(8-6-12)13(9-10-15)4-3-11-16-2/h12-15H,3-11H2,1-2H3. The highest BCUT2D eigenvalue weighted by atomic mass is 32.2. The van der Waals surface area contributed by atoms with Crippen molar-refractivity contribution in [2.45, 2.75) is 51.9 Å². The van der Waals surface area contributed by atoms with Crippen LogP contribution in [0.5, 0.6) is 0 Å². The van der Waals surface area contributed by atoms with Gasteiger partial charge in [0.05, 0.1) is 0 Å². The second-order valence-corrected chi connectivity index (χ2v) is 6.41. The molecule has 1 atom stereocenters. The molecule has 0 spiro atoms. The van der Waals surface area contributed by atoms with Crippen LogP contribution in [0, 0.1) is 17.8 Å². The van der Waals surface area contributed by atoms with Crippen LogP contribution in [0.2, 0.25) is 0 Å². The molecule has 0 radical (unpaired) electrons. The molecule has 0 heterocycles. The van der Waals surface area contributed by atoms with E-state index in [1.165, 1.54) is 44.3 Å². The Morgan fingerprint density at radius 2 is 1.88 bits per heavy atom. The van der Waals surface area contributed by atoms with Crippen LogP contribution in [-0.4, -0.2) is 23.7 Å². The summed E-state index contributed by atoms with van der Waals surface area (Å²) in [5.41, 5.74) is 0. The van der Waals surface area contributed by atoms with Crippen LogP contribution in [0.3, 0.4) is 0 Å². The summed E-state index contributed by atoms with van der Waals surface area (Å²) >= 11 is 1.95. The molecule has 1 saturated carbocycles. The molecule has 1 aliphatic rings. The Labute approximate surface area is 105 Å². The lowest BCUT2D eigenvalue weighted by Crippen LogP contribution is -2.22. The van der Waals surface area contributed by atoms with Crippen molar-refractivity contribution in [1.82, 2.24) is 0 Å². The predicted octanol–water partition coefficient (Wildman–Crippen LogP) is 3.95. The molecule has 0 aromatic rings. The lowest BCUT2D eigenvalue weighted by atomic mass is 9.74. The van der Waals surface area contributed by atoms with Crippen molar-refractivity contribution in [1.29, 1.82) is 0 Å². The topological polar surface area (TPSA) is 20.2 Å². The minimum Gasteiger partial charge on any atom is -0.396 e. The zero-order valence-corrected chi connectivity index (χ0v) is 11.8.